The average Bonchev–Trinajstić information content (AvgIpc) is 3.96. The molecular formula is C61H51BN2OS. The van der Waals surface area contributed by atoms with Gasteiger partial charge >= 0.3 is 6.85 Å². The Hall–Kier alpha value is -6.82. The zero-order valence-electron chi connectivity index (χ0n) is 38.9. The lowest BCUT2D eigenvalue weighted by Gasteiger charge is -2.45. The van der Waals surface area contributed by atoms with Crippen molar-refractivity contribution in [3.63, 3.8) is 0 Å². The maximum atomic E-state index is 7.21. The molecule has 0 fully saturated rings. The number of nitrogens with zero attached hydrogens (tertiary/aromatic N) is 2. The molecule has 0 spiro atoms. The number of benzene rings is 8. The standard InChI is InChI=1S/C61H51BN2OS/c1-59(2,3)37-26-29-39(30-27-37)64-50-34-44-40-20-12-15-23-47(40)61(7,8)48(44)33-46(50)54-55-51(35-45-41-21-13-16-24-52(41)65-57(45)54)63(56-42-22-14-17-25-53(42)66-58(56)62(55)64)49-31-28-38(60(4,5)6)32-43(49)36-18-10-9-11-19-36/h9-35H,1-8H3. The van der Waals surface area contributed by atoms with E-state index < -0.39 is 0 Å². The van der Waals surface area contributed by atoms with E-state index in [-0.39, 0.29) is 23.1 Å². The first-order valence-corrected chi connectivity index (χ1v) is 24.3. The summed E-state index contributed by atoms with van der Waals surface area (Å²) in [7, 11) is 0. The fourth-order valence-corrected chi connectivity index (χ4v) is 12.8. The van der Waals surface area contributed by atoms with Crippen molar-refractivity contribution in [1.29, 1.82) is 0 Å². The van der Waals surface area contributed by atoms with Crippen molar-refractivity contribution in [2.24, 2.45) is 0 Å². The molecule has 3 nitrogen and oxygen atoms in total. The summed E-state index contributed by atoms with van der Waals surface area (Å²) in [5.41, 5.74) is 21.7. The normalized spacial score (nSPS) is 14.7. The van der Waals surface area contributed by atoms with Crippen LogP contribution < -0.4 is 20.0 Å². The van der Waals surface area contributed by atoms with Gasteiger partial charge in [0, 0.05) is 64.8 Å². The largest absolute Gasteiger partial charge is 0.455 e. The molecule has 1 aliphatic carbocycles. The number of para-hydroxylation sites is 1. The molecule has 0 N–H and O–H groups in total. The highest BCUT2D eigenvalue weighted by molar-refractivity contribution is 7.32. The molecule has 66 heavy (non-hydrogen) atoms. The smallest absolute Gasteiger partial charge is 0.343 e. The number of fused-ring (bicyclic) bond motifs is 13. The first kappa shape index (κ1) is 39.5. The molecule has 10 aromatic rings. The van der Waals surface area contributed by atoms with Crippen molar-refractivity contribution in [3.8, 4) is 33.4 Å². The van der Waals surface area contributed by atoms with Gasteiger partial charge in [-0.1, -0.05) is 165 Å². The Morgan fingerprint density at radius 1 is 0.530 bits per heavy atom. The molecule has 8 aromatic carbocycles. The summed E-state index contributed by atoms with van der Waals surface area (Å²) in [6.45, 7) is 18.5. The van der Waals surface area contributed by atoms with Crippen LogP contribution in [0.4, 0.5) is 28.4 Å². The van der Waals surface area contributed by atoms with Crippen LogP contribution in [0.25, 0.3) is 65.4 Å². The Labute approximate surface area is 392 Å². The third-order valence-electron chi connectivity index (χ3n) is 15.0. The molecule has 3 aliphatic rings. The second-order valence-corrected chi connectivity index (χ2v) is 22.4. The molecule has 4 heterocycles. The summed E-state index contributed by atoms with van der Waals surface area (Å²) >= 11 is 1.94. The van der Waals surface area contributed by atoms with Crippen molar-refractivity contribution >= 4 is 88.9 Å². The SMILES string of the molecule is CC(C)(C)c1ccc(N2B3c4sc5ccccc5c4N(c4ccc(C(C)(C)C)cc4-c4ccccc4)c4cc5c(oc6ccccc65)c(c43)-c3cc4c(cc32)-c2ccccc2C4(C)C)cc1. The summed E-state index contributed by atoms with van der Waals surface area (Å²) < 4.78 is 9.81. The lowest BCUT2D eigenvalue weighted by atomic mass is 9.46. The molecule has 13 rings (SSSR count). The first-order valence-electron chi connectivity index (χ1n) is 23.5. The van der Waals surface area contributed by atoms with Crippen LogP contribution in [0.15, 0.2) is 168 Å². The maximum absolute atomic E-state index is 7.21. The van der Waals surface area contributed by atoms with Crippen molar-refractivity contribution in [3.05, 3.63) is 186 Å². The first-order chi connectivity index (χ1) is 31.8. The van der Waals surface area contributed by atoms with Crippen LogP contribution in [0.3, 0.4) is 0 Å². The number of furan rings is 1. The molecule has 0 unspecified atom stereocenters. The minimum Gasteiger partial charge on any atom is -0.455 e. The van der Waals surface area contributed by atoms with Crippen molar-refractivity contribution in [2.45, 2.75) is 71.6 Å². The lowest BCUT2D eigenvalue weighted by molar-refractivity contribution is 0.590. The maximum Gasteiger partial charge on any atom is 0.343 e. The van der Waals surface area contributed by atoms with Gasteiger partial charge in [0.15, 0.2) is 0 Å². The summed E-state index contributed by atoms with van der Waals surface area (Å²) in [4.78, 5) is 5.32. The topological polar surface area (TPSA) is 19.6 Å². The van der Waals surface area contributed by atoms with Crippen LogP contribution in [-0.2, 0) is 16.2 Å². The van der Waals surface area contributed by atoms with Crippen LogP contribution >= 0.6 is 11.3 Å². The number of hydrogen-bond donors (Lipinski definition) is 0. The third kappa shape index (κ3) is 5.50. The van der Waals surface area contributed by atoms with Crippen molar-refractivity contribution in [1.82, 2.24) is 0 Å². The van der Waals surface area contributed by atoms with E-state index in [0.717, 1.165) is 21.9 Å². The summed E-state index contributed by atoms with van der Waals surface area (Å²) in [6.07, 6.45) is 0. The predicted molar refractivity (Wildman–Crippen MR) is 283 cm³/mol. The van der Waals surface area contributed by atoms with Gasteiger partial charge in [0.1, 0.15) is 11.2 Å². The number of thiophene rings is 1. The monoisotopic (exact) mass is 870 g/mol. The molecule has 2 aromatic heterocycles. The van der Waals surface area contributed by atoms with E-state index in [9.17, 15) is 0 Å². The van der Waals surface area contributed by atoms with Gasteiger partial charge in [0.25, 0.3) is 0 Å². The van der Waals surface area contributed by atoms with E-state index >= 15 is 0 Å². The number of hydrogen-bond acceptors (Lipinski definition) is 4. The number of rotatable bonds is 3. The fraction of sp³-hybridized carbons (Fsp3) is 0.180. The summed E-state index contributed by atoms with van der Waals surface area (Å²) in [5.74, 6) is 0. The summed E-state index contributed by atoms with van der Waals surface area (Å²) in [6, 6.07) is 61.9. The van der Waals surface area contributed by atoms with E-state index in [1.165, 1.54) is 104 Å². The zero-order chi connectivity index (χ0) is 45.0. The Balaban J connectivity index is 1.22. The Morgan fingerprint density at radius 2 is 1.21 bits per heavy atom. The van der Waals surface area contributed by atoms with Crippen LogP contribution in [0, 0.1) is 0 Å². The highest BCUT2D eigenvalue weighted by Crippen LogP contribution is 2.58. The zero-order valence-corrected chi connectivity index (χ0v) is 39.7. The van der Waals surface area contributed by atoms with Crippen LogP contribution in [0.1, 0.15) is 77.6 Å². The molecule has 0 atom stereocenters. The molecule has 0 amide bonds. The van der Waals surface area contributed by atoms with E-state index in [4.69, 9.17) is 4.42 Å². The average molecular weight is 871 g/mol. The van der Waals surface area contributed by atoms with Gasteiger partial charge in [-0.05, 0) is 110 Å². The lowest BCUT2D eigenvalue weighted by Crippen LogP contribution is -2.60. The molecule has 5 heteroatoms. The Bertz CT molecular complexity index is 3660. The van der Waals surface area contributed by atoms with Gasteiger partial charge in [0.2, 0.25) is 0 Å². The van der Waals surface area contributed by atoms with Crippen LogP contribution in [-0.4, -0.2) is 6.85 Å². The molecule has 2 aliphatic heterocycles. The highest BCUT2D eigenvalue weighted by Gasteiger charge is 2.50. The van der Waals surface area contributed by atoms with E-state index in [0.29, 0.717) is 0 Å². The summed E-state index contributed by atoms with van der Waals surface area (Å²) in [5, 5.41) is 3.53. The van der Waals surface area contributed by atoms with Gasteiger partial charge in [-0.2, -0.15) is 0 Å². The molecule has 0 saturated carbocycles. The van der Waals surface area contributed by atoms with Gasteiger partial charge in [-0.3, -0.25) is 0 Å². The molecule has 0 radical (unpaired) electrons. The van der Waals surface area contributed by atoms with Gasteiger partial charge in [0.05, 0.1) is 11.4 Å². The van der Waals surface area contributed by atoms with E-state index in [1.807, 2.05) is 11.3 Å². The molecule has 0 bridgehead atoms. The number of anilines is 5. The van der Waals surface area contributed by atoms with Gasteiger partial charge < -0.3 is 14.1 Å². The van der Waals surface area contributed by atoms with Crippen LogP contribution in [0.2, 0.25) is 0 Å². The highest BCUT2D eigenvalue weighted by atomic mass is 32.1. The third-order valence-corrected chi connectivity index (χ3v) is 16.2. The Kier molecular flexibility index (Phi) is 8.16. The van der Waals surface area contributed by atoms with Gasteiger partial charge in [-0.25, -0.2) is 0 Å². The Morgan fingerprint density at radius 3 is 1.98 bits per heavy atom. The second kappa shape index (κ2) is 13.6. The van der Waals surface area contributed by atoms with E-state index in [2.05, 4.69) is 229 Å². The second-order valence-electron chi connectivity index (χ2n) is 21.3. The van der Waals surface area contributed by atoms with Crippen molar-refractivity contribution < 1.29 is 4.42 Å². The van der Waals surface area contributed by atoms with Gasteiger partial charge in [-0.15, -0.1) is 11.3 Å². The quantitative estimate of drug-likeness (QED) is 0.165. The molecular weight excluding hydrogens is 820 g/mol. The predicted octanol–water partition coefficient (Wildman–Crippen LogP) is 16.1. The minimum atomic E-state index is -0.192. The van der Waals surface area contributed by atoms with Crippen molar-refractivity contribution in [2.75, 3.05) is 9.71 Å². The fourth-order valence-electron chi connectivity index (χ4n) is 11.5. The molecule has 320 valence electrons. The minimum absolute atomic E-state index is 0.0180. The molecule has 0 saturated heterocycles. The van der Waals surface area contributed by atoms with E-state index in [1.54, 1.807) is 0 Å². The van der Waals surface area contributed by atoms with Crippen LogP contribution in [0.5, 0.6) is 0 Å².